The highest BCUT2D eigenvalue weighted by Gasteiger charge is 2.26. The number of anilines is 1. The molecule has 1 aromatic rings. The third-order valence-electron chi connectivity index (χ3n) is 2.90. The fourth-order valence-electron chi connectivity index (χ4n) is 1.74. The molecule has 6 heteroatoms. The number of rotatable bonds is 2. The van der Waals surface area contributed by atoms with E-state index in [0.29, 0.717) is 0 Å². The molecule has 0 amide bonds. The molecule has 0 saturated carbocycles. The van der Waals surface area contributed by atoms with Crippen molar-refractivity contribution < 1.29 is 4.39 Å². The van der Waals surface area contributed by atoms with Crippen LogP contribution in [0.2, 0.25) is 0 Å². The molecule has 0 spiro atoms. The summed E-state index contributed by atoms with van der Waals surface area (Å²) in [5.74, 6) is 4.79. The molecule has 0 aliphatic carbocycles. The fraction of sp³-hybridized carbons (Fsp3) is 0.400. The first-order chi connectivity index (χ1) is 7.63. The zero-order valence-corrected chi connectivity index (χ0v) is 9.18. The van der Waals surface area contributed by atoms with Crippen molar-refractivity contribution in [3.05, 3.63) is 23.6 Å². The van der Waals surface area contributed by atoms with Crippen LogP contribution in [-0.2, 0) is 0 Å². The first-order valence-electron chi connectivity index (χ1n) is 5.02. The number of pyridine rings is 1. The molecule has 0 fully saturated rings. The molecule has 0 bridgehead atoms. The number of hydrogen-bond acceptors (Lipinski definition) is 5. The second-order valence-corrected chi connectivity index (χ2v) is 3.85. The Morgan fingerprint density at radius 1 is 1.56 bits per heavy atom. The van der Waals surface area contributed by atoms with E-state index in [1.165, 1.54) is 6.07 Å². The molecule has 86 valence electrons. The van der Waals surface area contributed by atoms with Gasteiger partial charge in [-0.15, -0.1) is 0 Å². The molecule has 2 atom stereocenters. The average molecular weight is 223 g/mol. The number of aromatic nitrogens is 1. The van der Waals surface area contributed by atoms with Crippen LogP contribution in [0.3, 0.4) is 0 Å². The standard InChI is InChI=1S/C10H14FN5/c1-6-8(5-14-16(6)2)7-3-9(11)10(15-12)13-4-7/h3-6,8H,12H2,1-2H3,(H,13,15). The minimum atomic E-state index is -0.449. The predicted octanol–water partition coefficient (Wildman–Crippen LogP) is 0.910. The molecule has 16 heavy (non-hydrogen) atoms. The van der Waals surface area contributed by atoms with Crippen LogP contribution in [-0.4, -0.2) is 29.3 Å². The Morgan fingerprint density at radius 2 is 2.31 bits per heavy atom. The zero-order valence-electron chi connectivity index (χ0n) is 9.18. The third kappa shape index (κ3) is 1.71. The Balaban J connectivity index is 2.29. The normalized spacial score (nSPS) is 23.9. The van der Waals surface area contributed by atoms with Gasteiger partial charge in [-0.3, -0.25) is 5.01 Å². The molecule has 0 aromatic carbocycles. The van der Waals surface area contributed by atoms with E-state index in [0.717, 1.165) is 5.56 Å². The van der Waals surface area contributed by atoms with E-state index < -0.39 is 5.82 Å². The lowest BCUT2D eigenvalue weighted by Gasteiger charge is -2.20. The van der Waals surface area contributed by atoms with Crippen LogP contribution in [0, 0.1) is 5.82 Å². The van der Waals surface area contributed by atoms with Gasteiger partial charge in [0.15, 0.2) is 11.6 Å². The number of nitrogens with one attached hydrogen (secondary N) is 1. The second kappa shape index (κ2) is 4.05. The van der Waals surface area contributed by atoms with Crippen molar-refractivity contribution in [2.75, 3.05) is 12.5 Å². The van der Waals surface area contributed by atoms with Crippen molar-refractivity contribution in [1.29, 1.82) is 0 Å². The van der Waals surface area contributed by atoms with Crippen molar-refractivity contribution in [2.24, 2.45) is 10.9 Å². The number of hydrogen-bond donors (Lipinski definition) is 2. The van der Waals surface area contributed by atoms with E-state index in [4.69, 9.17) is 5.84 Å². The molecule has 2 rings (SSSR count). The van der Waals surface area contributed by atoms with Crippen molar-refractivity contribution in [1.82, 2.24) is 9.99 Å². The van der Waals surface area contributed by atoms with Crippen molar-refractivity contribution >= 4 is 12.0 Å². The molecule has 1 aliphatic heterocycles. The quantitative estimate of drug-likeness (QED) is 0.577. The molecule has 0 radical (unpaired) electrons. The topological polar surface area (TPSA) is 66.5 Å². The SMILES string of the molecule is CC1C(c2cnc(NN)c(F)c2)C=NN1C. The first kappa shape index (κ1) is 10.8. The summed E-state index contributed by atoms with van der Waals surface area (Å²) in [6.07, 6.45) is 3.42. The summed E-state index contributed by atoms with van der Waals surface area (Å²) in [6, 6.07) is 1.65. The van der Waals surface area contributed by atoms with E-state index in [9.17, 15) is 4.39 Å². The number of nitrogens with two attached hydrogens (primary N) is 1. The average Bonchev–Trinajstić information content (AvgIpc) is 2.60. The fourth-order valence-corrected chi connectivity index (χ4v) is 1.74. The van der Waals surface area contributed by atoms with E-state index in [2.05, 4.69) is 15.5 Å². The van der Waals surface area contributed by atoms with Gasteiger partial charge in [-0.05, 0) is 18.6 Å². The van der Waals surface area contributed by atoms with Crippen LogP contribution >= 0.6 is 0 Å². The molecular weight excluding hydrogens is 209 g/mol. The number of likely N-dealkylation sites (N-methyl/N-ethyl adjacent to an activating group) is 1. The first-order valence-corrected chi connectivity index (χ1v) is 5.02. The largest absolute Gasteiger partial charge is 0.306 e. The Labute approximate surface area is 93.1 Å². The number of nitrogens with zero attached hydrogens (tertiary/aromatic N) is 3. The van der Waals surface area contributed by atoms with Crippen LogP contribution in [0.5, 0.6) is 0 Å². The lowest BCUT2D eigenvalue weighted by molar-refractivity contribution is 0.288. The Morgan fingerprint density at radius 3 is 2.81 bits per heavy atom. The summed E-state index contributed by atoms with van der Waals surface area (Å²) in [5.41, 5.74) is 3.01. The van der Waals surface area contributed by atoms with Crippen molar-refractivity contribution in [3.8, 4) is 0 Å². The van der Waals surface area contributed by atoms with Gasteiger partial charge in [0.2, 0.25) is 0 Å². The summed E-state index contributed by atoms with van der Waals surface area (Å²) in [6.45, 7) is 2.03. The molecule has 2 heterocycles. The van der Waals surface area contributed by atoms with Gasteiger partial charge in [0.05, 0.1) is 6.04 Å². The molecule has 0 saturated heterocycles. The van der Waals surface area contributed by atoms with Gasteiger partial charge in [-0.25, -0.2) is 15.2 Å². The van der Waals surface area contributed by atoms with Gasteiger partial charge >= 0.3 is 0 Å². The number of halogens is 1. The highest BCUT2D eigenvalue weighted by Crippen LogP contribution is 2.26. The third-order valence-corrected chi connectivity index (χ3v) is 2.90. The maximum absolute atomic E-state index is 13.5. The smallest absolute Gasteiger partial charge is 0.176 e. The summed E-state index contributed by atoms with van der Waals surface area (Å²) >= 11 is 0. The van der Waals surface area contributed by atoms with Crippen LogP contribution in [0.4, 0.5) is 10.2 Å². The second-order valence-electron chi connectivity index (χ2n) is 3.85. The monoisotopic (exact) mass is 223 g/mol. The summed E-state index contributed by atoms with van der Waals surface area (Å²) in [5, 5.41) is 6.01. The van der Waals surface area contributed by atoms with Gasteiger partial charge in [0.25, 0.3) is 0 Å². The molecule has 1 aromatic heterocycles. The van der Waals surface area contributed by atoms with E-state index in [-0.39, 0.29) is 17.8 Å². The van der Waals surface area contributed by atoms with Crippen LogP contribution in [0.25, 0.3) is 0 Å². The minimum Gasteiger partial charge on any atom is -0.306 e. The number of hydrazine groups is 1. The Hall–Kier alpha value is -1.69. The highest BCUT2D eigenvalue weighted by molar-refractivity contribution is 5.70. The summed E-state index contributed by atoms with van der Waals surface area (Å²) in [7, 11) is 1.89. The predicted molar refractivity (Wildman–Crippen MR) is 60.5 cm³/mol. The van der Waals surface area contributed by atoms with Crippen molar-refractivity contribution in [3.63, 3.8) is 0 Å². The molecule has 1 aliphatic rings. The van der Waals surface area contributed by atoms with Gasteiger partial charge in [-0.1, -0.05) is 0 Å². The van der Waals surface area contributed by atoms with Gasteiger partial charge in [-0.2, -0.15) is 5.10 Å². The zero-order chi connectivity index (χ0) is 11.7. The molecule has 5 nitrogen and oxygen atoms in total. The van der Waals surface area contributed by atoms with E-state index in [1.807, 2.05) is 19.0 Å². The van der Waals surface area contributed by atoms with E-state index in [1.54, 1.807) is 12.4 Å². The van der Waals surface area contributed by atoms with Gasteiger partial charge < -0.3 is 5.43 Å². The van der Waals surface area contributed by atoms with E-state index >= 15 is 0 Å². The molecule has 3 N–H and O–H groups in total. The molecule has 2 unspecified atom stereocenters. The number of nitrogen functional groups attached to an aromatic ring is 1. The maximum Gasteiger partial charge on any atom is 0.176 e. The Bertz CT molecular complexity index is 420. The summed E-state index contributed by atoms with van der Waals surface area (Å²) < 4.78 is 13.5. The van der Waals surface area contributed by atoms with Gasteiger partial charge in [0.1, 0.15) is 0 Å². The van der Waals surface area contributed by atoms with Crippen LogP contribution in [0.1, 0.15) is 18.4 Å². The van der Waals surface area contributed by atoms with Gasteiger partial charge in [0, 0.05) is 25.4 Å². The minimum absolute atomic E-state index is 0.0553. The van der Waals surface area contributed by atoms with Crippen molar-refractivity contribution in [2.45, 2.75) is 18.9 Å². The van der Waals surface area contributed by atoms with Crippen LogP contribution < -0.4 is 11.3 Å². The summed E-state index contributed by atoms with van der Waals surface area (Å²) in [4.78, 5) is 3.91. The van der Waals surface area contributed by atoms with Crippen LogP contribution in [0.15, 0.2) is 17.4 Å². The lowest BCUT2D eigenvalue weighted by atomic mass is 9.96. The molecular formula is C10H14FN5. The number of hydrazone groups is 1. The maximum atomic E-state index is 13.5. The lowest BCUT2D eigenvalue weighted by Crippen LogP contribution is -2.24. The Kier molecular flexibility index (Phi) is 2.74. The highest BCUT2D eigenvalue weighted by atomic mass is 19.1.